The Balaban J connectivity index is 1.28. The third-order valence-corrected chi connectivity index (χ3v) is 5.96. The van der Waals surface area contributed by atoms with Gasteiger partial charge in [0.2, 0.25) is 5.91 Å². The largest absolute Gasteiger partial charge is 0.486 e. The summed E-state index contributed by atoms with van der Waals surface area (Å²) in [5.41, 5.74) is 1.76. The molecule has 1 amide bonds. The van der Waals surface area contributed by atoms with Gasteiger partial charge in [-0.3, -0.25) is 14.5 Å². The first-order valence-electron chi connectivity index (χ1n) is 10.6. The molecular formula is C24H28N2O4. The van der Waals surface area contributed by atoms with E-state index in [4.69, 9.17) is 9.47 Å². The number of Topliss-reactive ketones (excluding diaryl/α,β-unsaturated/α-hetero) is 1. The number of carbonyl (C=O) groups excluding carboxylic acids is 2. The molecule has 0 saturated carbocycles. The van der Waals surface area contributed by atoms with Crippen molar-refractivity contribution in [1.29, 1.82) is 0 Å². The molecule has 1 fully saturated rings. The minimum atomic E-state index is -0.209. The molecule has 6 nitrogen and oxygen atoms in total. The SMILES string of the molecule is C[C@@H](C(=O)NCc1ccccc1)N1CCC(C(=O)c2ccc3c(c2)OCCO3)CC1. The van der Waals surface area contributed by atoms with Crippen LogP contribution in [0.25, 0.3) is 0 Å². The fourth-order valence-corrected chi connectivity index (χ4v) is 4.08. The van der Waals surface area contributed by atoms with Crippen LogP contribution in [0.15, 0.2) is 48.5 Å². The summed E-state index contributed by atoms with van der Waals surface area (Å²) in [5, 5.41) is 3.01. The molecule has 2 aliphatic rings. The fourth-order valence-electron chi connectivity index (χ4n) is 4.08. The number of rotatable bonds is 6. The standard InChI is InChI=1S/C24H28N2O4/c1-17(24(28)25-16-18-5-3-2-4-6-18)26-11-9-19(10-12-26)23(27)20-7-8-21-22(15-20)30-14-13-29-21/h2-8,15,17,19H,9-14,16H2,1H3,(H,25,28)/t17-/m0/s1. The molecule has 0 radical (unpaired) electrons. The Kier molecular flexibility index (Phi) is 6.33. The zero-order chi connectivity index (χ0) is 20.9. The summed E-state index contributed by atoms with van der Waals surface area (Å²) in [5.74, 6) is 1.49. The molecule has 0 aliphatic carbocycles. The molecular weight excluding hydrogens is 380 g/mol. The van der Waals surface area contributed by atoms with Crippen LogP contribution in [0.4, 0.5) is 0 Å². The summed E-state index contributed by atoms with van der Waals surface area (Å²) in [7, 11) is 0. The van der Waals surface area contributed by atoms with E-state index in [-0.39, 0.29) is 23.7 Å². The van der Waals surface area contributed by atoms with Crippen LogP contribution in [0.1, 0.15) is 35.7 Å². The van der Waals surface area contributed by atoms with E-state index >= 15 is 0 Å². The van der Waals surface area contributed by atoms with Crippen molar-refractivity contribution in [1.82, 2.24) is 10.2 Å². The van der Waals surface area contributed by atoms with Crippen LogP contribution in [-0.2, 0) is 11.3 Å². The number of hydrogen-bond acceptors (Lipinski definition) is 5. The Morgan fingerprint density at radius 3 is 2.47 bits per heavy atom. The maximum Gasteiger partial charge on any atom is 0.237 e. The van der Waals surface area contributed by atoms with Crippen molar-refractivity contribution in [2.24, 2.45) is 5.92 Å². The maximum atomic E-state index is 13.0. The van der Waals surface area contributed by atoms with E-state index in [9.17, 15) is 9.59 Å². The number of piperidine rings is 1. The van der Waals surface area contributed by atoms with Crippen LogP contribution in [-0.4, -0.2) is 48.9 Å². The molecule has 2 aromatic carbocycles. The zero-order valence-corrected chi connectivity index (χ0v) is 17.3. The van der Waals surface area contributed by atoms with Gasteiger partial charge < -0.3 is 14.8 Å². The van der Waals surface area contributed by atoms with E-state index in [0.717, 1.165) is 31.5 Å². The fraction of sp³-hybridized carbons (Fsp3) is 0.417. The number of likely N-dealkylation sites (tertiary alicyclic amines) is 1. The molecule has 158 valence electrons. The summed E-state index contributed by atoms with van der Waals surface area (Å²) in [6.45, 7) is 4.98. The molecule has 0 unspecified atom stereocenters. The lowest BCUT2D eigenvalue weighted by Gasteiger charge is -2.34. The number of benzene rings is 2. The van der Waals surface area contributed by atoms with Crippen LogP contribution in [0.5, 0.6) is 11.5 Å². The number of ketones is 1. The van der Waals surface area contributed by atoms with Gasteiger partial charge in [0.05, 0.1) is 6.04 Å². The molecule has 2 heterocycles. The van der Waals surface area contributed by atoms with E-state index in [1.165, 1.54) is 0 Å². The van der Waals surface area contributed by atoms with Gasteiger partial charge in [0.25, 0.3) is 0 Å². The predicted octanol–water partition coefficient (Wildman–Crippen LogP) is 3.06. The van der Waals surface area contributed by atoms with Crippen molar-refractivity contribution < 1.29 is 19.1 Å². The Hall–Kier alpha value is -2.86. The van der Waals surface area contributed by atoms with E-state index in [1.807, 2.05) is 49.4 Å². The summed E-state index contributed by atoms with van der Waals surface area (Å²) >= 11 is 0. The van der Waals surface area contributed by atoms with Crippen molar-refractivity contribution in [2.75, 3.05) is 26.3 Å². The molecule has 6 heteroatoms. The van der Waals surface area contributed by atoms with Crippen molar-refractivity contribution in [3.63, 3.8) is 0 Å². The lowest BCUT2D eigenvalue weighted by Crippen LogP contribution is -2.48. The molecule has 2 aromatic rings. The highest BCUT2D eigenvalue weighted by molar-refractivity contribution is 5.98. The van der Waals surface area contributed by atoms with Gasteiger partial charge in [-0.15, -0.1) is 0 Å². The molecule has 0 spiro atoms. The summed E-state index contributed by atoms with van der Waals surface area (Å²) in [4.78, 5) is 27.7. The topological polar surface area (TPSA) is 67.9 Å². The minimum absolute atomic E-state index is 0.0236. The van der Waals surface area contributed by atoms with Gasteiger partial charge in [-0.05, 0) is 56.6 Å². The number of hydrogen-bond donors (Lipinski definition) is 1. The quantitative estimate of drug-likeness (QED) is 0.744. The highest BCUT2D eigenvalue weighted by Crippen LogP contribution is 2.32. The number of nitrogens with zero attached hydrogens (tertiary/aromatic N) is 1. The van der Waals surface area contributed by atoms with Crippen LogP contribution >= 0.6 is 0 Å². The third kappa shape index (κ3) is 4.65. The van der Waals surface area contributed by atoms with Crippen LogP contribution in [0, 0.1) is 5.92 Å². The zero-order valence-electron chi connectivity index (χ0n) is 17.3. The molecule has 4 rings (SSSR count). The highest BCUT2D eigenvalue weighted by Gasteiger charge is 2.30. The van der Waals surface area contributed by atoms with E-state index in [1.54, 1.807) is 6.07 Å². The molecule has 0 aromatic heterocycles. The van der Waals surface area contributed by atoms with Gasteiger partial charge in [-0.1, -0.05) is 30.3 Å². The average Bonchev–Trinajstić information content (AvgIpc) is 2.82. The van der Waals surface area contributed by atoms with E-state index in [0.29, 0.717) is 36.8 Å². The number of nitrogens with one attached hydrogen (secondary N) is 1. The van der Waals surface area contributed by atoms with Crippen LogP contribution in [0.2, 0.25) is 0 Å². The lowest BCUT2D eigenvalue weighted by atomic mass is 9.88. The second-order valence-corrected chi connectivity index (χ2v) is 7.91. The molecule has 1 N–H and O–H groups in total. The maximum absolute atomic E-state index is 13.0. The van der Waals surface area contributed by atoms with Gasteiger partial charge >= 0.3 is 0 Å². The first kappa shape index (κ1) is 20.4. The number of amides is 1. The second kappa shape index (κ2) is 9.30. The number of fused-ring (bicyclic) bond motifs is 1. The molecule has 0 bridgehead atoms. The number of ether oxygens (including phenoxy) is 2. The van der Waals surface area contributed by atoms with Crippen LogP contribution < -0.4 is 14.8 Å². The summed E-state index contributed by atoms with van der Waals surface area (Å²) in [6.07, 6.45) is 1.51. The molecule has 1 saturated heterocycles. The smallest absolute Gasteiger partial charge is 0.237 e. The highest BCUT2D eigenvalue weighted by atomic mass is 16.6. The van der Waals surface area contributed by atoms with Gasteiger partial charge in [0, 0.05) is 18.0 Å². The molecule has 30 heavy (non-hydrogen) atoms. The Bertz CT molecular complexity index is 891. The van der Waals surface area contributed by atoms with Gasteiger partial charge in [-0.25, -0.2) is 0 Å². The van der Waals surface area contributed by atoms with Gasteiger partial charge in [-0.2, -0.15) is 0 Å². The third-order valence-electron chi connectivity index (χ3n) is 5.96. The molecule has 2 aliphatic heterocycles. The molecule has 1 atom stereocenters. The Labute approximate surface area is 177 Å². The average molecular weight is 408 g/mol. The minimum Gasteiger partial charge on any atom is -0.486 e. The van der Waals surface area contributed by atoms with Gasteiger partial charge in [0.15, 0.2) is 17.3 Å². The predicted molar refractivity (Wildman–Crippen MR) is 114 cm³/mol. The van der Waals surface area contributed by atoms with Crippen molar-refractivity contribution in [2.45, 2.75) is 32.4 Å². The van der Waals surface area contributed by atoms with Crippen LogP contribution in [0.3, 0.4) is 0 Å². The Morgan fingerprint density at radius 1 is 1.03 bits per heavy atom. The van der Waals surface area contributed by atoms with Crippen molar-refractivity contribution >= 4 is 11.7 Å². The first-order valence-corrected chi connectivity index (χ1v) is 10.6. The summed E-state index contributed by atoms with van der Waals surface area (Å²) in [6, 6.07) is 15.1. The van der Waals surface area contributed by atoms with E-state index in [2.05, 4.69) is 10.2 Å². The number of carbonyl (C=O) groups is 2. The second-order valence-electron chi connectivity index (χ2n) is 7.91. The Morgan fingerprint density at radius 2 is 1.73 bits per heavy atom. The van der Waals surface area contributed by atoms with Crippen molar-refractivity contribution in [3.05, 3.63) is 59.7 Å². The van der Waals surface area contributed by atoms with Gasteiger partial charge in [0.1, 0.15) is 13.2 Å². The monoisotopic (exact) mass is 408 g/mol. The van der Waals surface area contributed by atoms with Crippen molar-refractivity contribution in [3.8, 4) is 11.5 Å². The first-order chi connectivity index (χ1) is 14.6. The normalized spacial score (nSPS) is 17.9. The lowest BCUT2D eigenvalue weighted by molar-refractivity contribution is -0.126. The summed E-state index contributed by atoms with van der Waals surface area (Å²) < 4.78 is 11.1. The van der Waals surface area contributed by atoms with E-state index < -0.39 is 0 Å².